The number of hydrogen-bond donors (Lipinski definition) is 2. The fourth-order valence-corrected chi connectivity index (χ4v) is 3.57. The molecule has 1 aliphatic rings. The number of rotatable bonds is 5. The minimum absolute atomic E-state index is 0.0887. The molecule has 2 aromatic carbocycles. The predicted molar refractivity (Wildman–Crippen MR) is 120 cm³/mol. The summed E-state index contributed by atoms with van der Waals surface area (Å²) in [6.07, 6.45) is -3.67. The fraction of sp³-hybridized carbons (Fsp3) is 0.286. The smallest absolute Gasteiger partial charge is 0.324 e. The average molecular weight is 483 g/mol. The van der Waals surface area contributed by atoms with Gasteiger partial charge in [-0.2, -0.15) is 23.5 Å². The molecule has 3 rings (SSSR count). The first kappa shape index (κ1) is 23.9. The van der Waals surface area contributed by atoms with E-state index in [1.165, 1.54) is 23.2 Å². The molecular formula is C21H19Cl2F3N6. The van der Waals surface area contributed by atoms with Crippen LogP contribution in [0.4, 0.5) is 18.9 Å². The molecule has 1 unspecified atom stereocenters. The van der Waals surface area contributed by atoms with E-state index in [0.717, 1.165) is 5.56 Å². The quantitative estimate of drug-likeness (QED) is 0.355. The third-order valence-corrected chi connectivity index (χ3v) is 5.31. The van der Waals surface area contributed by atoms with Gasteiger partial charge in [-0.05, 0) is 36.4 Å². The van der Waals surface area contributed by atoms with Crippen LogP contribution in [0, 0.1) is 11.5 Å². The van der Waals surface area contributed by atoms with Crippen LogP contribution < -0.4 is 10.6 Å². The Kier molecular flexibility index (Phi) is 7.61. The number of aliphatic imine (C=N–C) groups is 1. The standard InChI is InChI=1S/C21H19Cl2F3N6/c1-2-28-18-11-32(31-19(18)14-6-7-16(22)17(23)9-14)20(29-12-27)30-15-5-3-4-13(8-15)10-21(24,25)26/h3-9,18,28H,2,10-11H2,1H3,(H,29,30). The highest BCUT2D eigenvalue weighted by Crippen LogP contribution is 2.26. The summed E-state index contributed by atoms with van der Waals surface area (Å²) in [7, 11) is 0. The molecule has 2 N–H and O–H groups in total. The summed E-state index contributed by atoms with van der Waals surface area (Å²) in [5, 5.41) is 22.2. The number of guanidine groups is 1. The van der Waals surface area contributed by atoms with Crippen molar-refractivity contribution in [3.63, 3.8) is 0 Å². The summed E-state index contributed by atoms with van der Waals surface area (Å²) in [6, 6.07) is 10.8. The Morgan fingerprint density at radius 1 is 1.25 bits per heavy atom. The molecule has 2 aromatic rings. The summed E-state index contributed by atoms with van der Waals surface area (Å²) >= 11 is 12.2. The minimum atomic E-state index is -4.32. The maximum Gasteiger partial charge on any atom is 0.393 e. The van der Waals surface area contributed by atoms with Gasteiger partial charge in [0.15, 0.2) is 0 Å². The van der Waals surface area contributed by atoms with Crippen LogP contribution in [0.1, 0.15) is 18.1 Å². The lowest BCUT2D eigenvalue weighted by atomic mass is 10.0. The van der Waals surface area contributed by atoms with Gasteiger partial charge in [-0.3, -0.25) is 0 Å². The van der Waals surface area contributed by atoms with Crippen molar-refractivity contribution in [1.29, 1.82) is 5.26 Å². The Hall–Kier alpha value is -2.80. The van der Waals surface area contributed by atoms with Crippen molar-refractivity contribution < 1.29 is 13.2 Å². The van der Waals surface area contributed by atoms with Crippen LogP contribution in [0.25, 0.3) is 0 Å². The van der Waals surface area contributed by atoms with Crippen molar-refractivity contribution in [2.24, 2.45) is 10.1 Å². The first-order valence-electron chi connectivity index (χ1n) is 9.64. The molecule has 6 nitrogen and oxygen atoms in total. The molecule has 0 aromatic heterocycles. The Balaban J connectivity index is 1.89. The molecule has 0 spiro atoms. The largest absolute Gasteiger partial charge is 0.393 e. The maximum absolute atomic E-state index is 12.7. The minimum Gasteiger partial charge on any atom is -0.324 e. The first-order chi connectivity index (χ1) is 15.2. The average Bonchev–Trinajstić information content (AvgIpc) is 3.13. The highest BCUT2D eigenvalue weighted by Gasteiger charge is 2.31. The van der Waals surface area contributed by atoms with Crippen LogP contribution in [0.15, 0.2) is 52.6 Å². The second kappa shape index (κ2) is 10.2. The highest BCUT2D eigenvalue weighted by atomic mass is 35.5. The number of nitriles is 1. The molecule has 1 atom stereocenters. The monoisotopic (exact) mass is 482 g/mol. The summed E-state index contributed by atoms with van der Waals surface area (Å²) in [5.74, 6) is 0.0922. The first-order valence-corrected chi connectivity index (χ1v) is 10.4. The van der Waals surface area contributed by atoms with Gasteiger partial charge in [0, 0.05) is 11.3 Å². The number of likely N-dealkylation sites (N-methyl/N-ethyl adjacent to an activating group) is 1. The Bertz CT molecular complexity index is 1080. The molecule has 11 heteroatoms. The van der Waals surface area contributed by atoms with Gasteiger partial charge in [0.25, 0.3) is 0 Å². The summed E-state index contributed by atoms with van der Waals surface area (Å²) in [5.41, 5.74) is 1.87. The van der Waals surface area contributed by atoms with Gasteiger partial charge < -0.3 is 10.6 Å². The van der Waals surface area contributed by atoms with Crippen LogP contribution >= 0.6 is 23.2 Å². The van der Waals surface area contributed by atoms with E-state index in [-0.39, 0.29) is 17.6 Å². The lowest BCUT2D eigenvalue weighted by Crippen LogP contribution is -2.41. The SMILES string of the molecule is CCNC1CN(/C(=N\C#N)Nc2cccc(CC(F)(F)F)c2)N=C1c1ccc(Cl)c(Cl)c1. The number of hydrazone groups is 1. The number of nitrogens with zero attached hydrogens (tertiary/aromatic N) is 4. The topological polar surface area (TPSA) is 75.8 Å². The molecule has 0 saturated carbocycles. The molecule has 1 heterocycles. The van der Waals surface area contributed by atoms with Crippen LogP contribution in [0.3, 0.4) is 0 Å². The van der Waals surface area contributed by atoms with E-state index in [1.54, 1.807) is 30.5 Å². The van der Waals surface area contributed by atoms with E-state index < -0.39 is 12.6 Å². The fourth-order valence-electron chi connectivity index (χ4n) is 3.27. The van der Waals surface area contributed by atoms with Crippen LogP contribution in [0.2, 0.25) is 10.0 Å². The molecule has 0 bridgehead atoms. The van der Waals surface area contributed by atoms with E-state index in [9.17, 15) is 13.2 Å². The van der Waals surface area contributed by atoms with Crippen molar-refractivity contribution in [3.05, 3.63) is 63.6 Å². The normalized spacial score (nSPS) is 16.7. The van der Waals surface area contributed by atoms with Crippen molar-refractivity contribution in [2.75, 3.05) is 18.4 Å². The maximum atomic E-state index is 12.7. The van der Waals surface area contributed by atoms with E-state index in [4.69, 9.17) is 28.5 Å². The predicted octanol–water partition coefficient (Wildman–Crippen LogP) is 5.05. The molecule has 1 aliphatic heterocycles. The molecule has 168 valence electrons. The molecular weight excluding hydrogens is 464 g/mol. The van der Waals surface area contributed by atoms with Crippen molar-refractivity contribution in [3.8, 4) is 6.19 Å². The van der Waals surface area contributed by atoms with Gasteiger partial charge >= 0.3 is 6.18 Å². The summed E-state index contributed by atoms with van der Waals surface area (Å²) in [6.45, 7) is 2.96. The van der Waals surface area contributed by atoms with Crippen molar-refractivity contribution in [2.45, 2.75) is 25.6 Å². The number of nitrogens with one attached hydrogen (secondary N) is 2. The molecule has 0 radical (unpaired) electrons. The van der Waals surface area contributed by atoms with Crippen LogP contribution in [0.5, 0.6) is 0 Å². The number of hydrogen-bond acceptors (Lipinski definition) is 4. The molecule has 32 heavy (non-hydrogen) atoms. The number of anilines is 1. The lowest BCUT2D eigenvalue weighted by Gasteiger charge is -2.19. The molecule has 0 aliphatic carbocycles. The van der Waals surface area contributed by atoms with Crippen LogP contribution in [-0.4, -0.2) is 42.0 Å². The Labute approximate surface area is 193 Å². The zero-order valence-corrected chi connectivity index (χ0v) is 18.4. The third kappa shape index (κ3) is 6.13. The highest BCUT2D eigenvalue weighted by molar-refractivity contribution is 6.42. The zero-order chi connectivity index (χ0) is 23.3. The van der Waals surface area contributed by atoms with Crippen LogP contribution in [-0.2, 0) is 6.42 Å². The Morgan fingerprint density at radius 2 is 2.03 bits per heavy atom. The van der Waals surface area contributed by atoms with Gasteiger partial charge in [0.1, 0.15) is 0 Å². The summed E-state index contributed by atoms with van der Waals surface area (Å²) < 4.78 is 38.2. The summed E-state index contributed by atoms with van der Waals surface area (Å²) in [4.78, 5) is 3.79. The van der Waals surface area contributed by atoms with Gasteiger partial charge in [-0.15, -0.1) is 4.99 Å². The number of alkyl halides is 3. The third-order valence-electron chi connectivity index (χ3n) is 4.57. The molecule has 0 fully saturated rings. The molecule has 0 saturated heterocycles. The van der Waals surface area contributed by atoms with Gasteiger partial charge in [-0.25, -0.2) is 5.01 Å². The second-order valence-corrected chi connectivity index (χ2v) is 7.77. The number of halogens is 5. The number of benzene rings is 2. The van der Waals surface area contributed by atoms with Crippen molar-refractivity contribution in [1.82, 2.24) is 10.3 Å². The second-order valence-electron chi connectivity index (χ2n) is 6.96. The van der Waals surface area contributed by atoms with E-state index in [0.29, 0.717) is 34.5 Å². The van der Waals surface area contributed by atoms with E-state index >= 15 is 0 Å². The lowest BCUT2D eigenvalue weighted by molar-refractivity contribution is -0.127. The van der Waals surface area contributed by atoms with Gasteiger partial charge in [0.2, 0.25) is 12.2 Å². The van der Waals surface area contributed by atoms with Gasteiger partial charge in [-0.1, -0.05) is 48.3 Å². The van der Waals surface area contributed by atoms with Crippen molar-refractivity contribution >= 4 is 40.6 Å². The molecule has 0 amide bonds. The van der Waals surface area contributed by atoms with E-state index in [1.807, 2.05) is 6.92 Å². The Morgan fingerprint density at radius 3 is 2.69 bits per heavy atom. The van der Waals surface area contributed by atoms with Gasteiger partial charge in [0.05, 0.1) is 34.8 Å². The van der Waals surface area contributed by atoms with E-state index in [2.05, 4.69) is 20.7 Å². The zero-order valence-electron chi connectivity index (χ0n) is 16.9.